The number of rotatable bonds is 5. The maximum Gasteiger partial charge on any atom is 0.307 e. The van der Waals surface area contributed by atoms with Gasteiger partial charge in [0.1, 0.15) is 0 Å². The monoisotopic (exact) mass is 281 g/mol. The van der Waals surface area contributed by atoms with Crippen molar-refractivity contribution in [2.45, 2.75) is 77.2 Å². The summed E-state index contributed by atoms with van der Waals surface area (Å²) in [5.74, 6) is 0.683. The van der Waals surface area contributed by atoms with Crippen molar-refractivity contribution < 1.29 is 9.53 Å². The number of nitrogens with zero attached hydrogens (tertiary/aromatic N) is 1. The third-order valence-corrected chi connectivity index (χ3v) is 5.41. The van der Waals surface area contributed by atoms with Gasteiger partial charge in [0.2, 0.25) is 0 Å². The minimum Gasteiger partial charge on any atom is -0.466 e. The molecule has 1 aliphatic carbocycles. The second-order valence-electron chi connectivity index (χ2n) is 6.48. The van der Waals surface area contributed by atoms with E-state index in [0.717, 1.165) is 0 Å². The summed E-state index contributed by atoms with van der Waals surface area (Å²) < 4.78 is 5.28. The lowest BCUT2D eigenvalue weighted by atomic mass is 9.80. The highest BCUT2D eigenvalue weighted by Crippen LogP contribution is 2.45. The maximum atomic E-state index is 12.1. The normalized spacial score (nSPS) is 32.0. The van der Waals surface area contributed by atoms with E-state index in [4.69, 9.17) is 4.74 Å². The van der Waals surface area contributed by atoms with E-state index in [0.29, 0.717) is 18.9 Å². The van der Waals surface area contributed by atoms with Crippen molar-refractivity contribution in [1.29, 1.82) is 0 Å². The fraction of sp³-hybridized carbons (Fsp3) is 0.941. The highest BCUT2D eigenvalue weighted by molar-refractivity contribution is 5.71. The van der Waals surface area contributed by atoms with Crippen molar-refractivity contribution in [3.05, 3.63) is 0 Å². The van der Waals surface area contributed by atoms with Gasteiger partial charge in [-0.1, -0.05) is 32.6 Å². The number of carbonyl (C=O) groups excluding carboxylic acids is 1. The summed E-state index contributed by atoms with van der Waals surface area (Å²) in [6, 6.07) is 0. The van der Waals surface area contributed by atoms with Gasteiger partial charge in [-0.3, -0.25) is 9.69 Å². The van der Waals surface area contributed by atoms with Gasteiger partial charge in [0.15, 0.2) is 0 Å². The van der Waals surface area contributed by atoms with Gasteiger partial charge in [-0.2, -0.15) is 0 Å². The number of esters is 1. The van der Waals surface area contributed by atoms with Crippen LogP contribution >= 0.6 is 0 Å². The van der Waals surface area contributed by atoms with E-state index in [-0.39, 0.29) is 11.5 Å². The molecule has 0 aromatic rings. The first-order chi connectivity index (χ1) is 9.73. The van der Waals surface area contributed by atoms with Gasteiger partial charge in [-0.15, -0.1) is 0 Å². The van der Waals surface area contributed by atoms with Crippen molar-refractivity contribution in [2.75, 3.05) is 19.7 Å². The molecule has 3 nitrogen and oxygen atoms in total. The lowest BCUT2D eigenvalue weighted by molar-refractivity contribution is -0.147. The van der Waals surface area contributed by atoms with Crippen molar-refractivity contribution >= 4 is 5.97 Å². The van der Waals surface area contributed by atoms with Crippen molar-refractivity contribution in [3.8, 4) is 0 Å². The predicted molar refractivity (Wildman–Crippen MR) is 81.7 cm³/mol. The summed E-state index contributed by atoms with van der Waals surface area (Å²) >= 11 is 0. The Morgan fingerprint density at radius 2 is 1.85 bits per heavy atom. The zero-order valence-electron chi connectivity index (χ0n) is 13.3. The Morgan fingerprint density at radius 1 is 1.15 bits per heavy atom. The van der Waals surface area contributed by atoms with Gasteiger partial charge in [0.05, 0.1) is 13.0 Å². The molecule has 2 unspecified atom stereocenters. The van der Waals surface area contributed by atoms with Crippen LogP contribution in [0, 0.1) is 5.92 Å². The van der Waals surface area contributed by atoms with Crippen molar-refractivity contribution in [3.63, 3.8) is 0 Å². The number of ether oxygens (including phenoxy) is 1. The van der Waals surface area contributed by atoms with Crippen LogP contribution in [0.4, 0.5) is 0 Å². The smallest absolute Gasteiger partial charge is 0.307 e. The molecule has 116 valence electrons. The van der Waals surface area contributed by atoms with Gasteiger partial charge in [0.25, 0.3) is 0 Å². The van der Waals surface area contributed by atoms with Crippen LogP contribution in [-0.2, 0) is 9.53 Å². The van der Waals surface area contributed by atoms with Crippen LogP contribution < -0.4 is 0 Å². The predicted octanol–water partition coefficient (Wildman–Crippen LogP) is 3.76. The van der Waals surface area contributed by atoms with Gasteiger partial charge in [-0.25, -0.2) is 0 Å². The van der Waals surface area contributed by atoms with Crippen LogP contribution in [0.5, 0.6) is 0 Å². The topological polar surface area (TPSA) is 29.5 Å². The molecule has 0 aromatic carbocycles. The SMILES string of the molecule is CCOC(=O)CC1(N2CCCCCC2)CCCC1CC. The molecule has 3 heteroatoms. The van der Waals surface area contributed by atoms with E-state index in [1.165, 1.54) is 64.5 Å². The van der Waals surface area contributed by atoms with E-state index in [9.17, 15) is 4.79 Å². The minimum atomic E-state index is 0.0112. The molecular weight excluding hydrogens is 250 g/mol. The highest BCUT2D eigenvalue weighted by atomic mass is 16.5. The Bertz CT molecular complexity index is 310. The molecule has 1 heterocycles. The molecule has 0 radical (unpaired) electrons. The number of hydrogen-bond donors (Lipinski definition) is 0. The van der Waals surface area contributed by atoms with Crippen LogP contribution in [0.25, 0.3) is 0 Å². The maximum absolute atomic E-state index is 12.1. The summed E-state index contributed by atoms with van der Waals surface area (Å²) in [5, 5.41) is 0. The molecule has 2 aliphatic rings. The molecule has 2 atom stereocenters. The fourth-order valence-electron chi connectivity index (χ4n) is 4.45. The summed E-state index contributed by atoms with van der Waals surface area (Å²) in [4.78, 5) is 14.8. The highest BCUT2D eigenvalue weighted by Gasteiger charge is 2.47. The Morgan fingerprint density at radius 3 is 2.45 bits per heavy atom. The molecule has 1 aliphatic heterocycles. The van der Waals surface area contributed by atoms with E-state index >= 15 is 0 Å². The summed E-state index contributed by atoms with van der Waals surface area (Å²) in [7, 11) is 0. The second kappa shape index (κ2) is 7.44. The Balaban J connectivity index is 2.16. The molecule has 20 heavy (non-hydrogen) atoms. The molecule has 0 bridgehead atoms. The number of hydrogen-bond acceptors (Lipinski definition) is 3. The molecule has 2 fully saturated rings. The largest absolute Gasteiger partial charge is 0.466 e. The molecule has 0 amide bonds. The number of likely N-dealkylation sites (tertiary alicyclic amines) is 1. The van der Waals surface area contributed by atoms with Crippen molar-refractivity contribution in [2.24, 2.45) is 5.92 Å². The van der Waals surface area contributed by atoms with Crippen LogP contribution in [0.3, 0.4) is 0 Å². The van der Waals surface area contributed by atoms with Crippen LogP contribution in [0.1, 0.15) is 71.6 Å². The molecule has 0 N–H and O–H groups in total. The third-order valence-electron chi connectivity index (χ3n) is 5.41. The van der Waals surface area contributed by atoms with Crippen molar-refractivity contribution in [1.82, 2.24) is 4.90 Å². The molecule has 0 spiro atoms. The Kier molecular flexibility index (Phi) is 5.88. The standard InChI is InChI=1S/C17H31NO2/c1-3-15-10-9-11-17(15,14-16(19)20-4-2)18-12-7-5-6-8-13-18/h15H,3-14H2,1-2H3. The molecule has 2 rings (SSSR count). The average Bonchev–Trinajstić information content (AvgIpc) is 2.66. The first kappa shape index (κ1) is 15.8. The fourth-order valence-corrected chi connectivity index (χ4v) is 4.45. The molecule has 0 aromatic heterocycles. The Hall–Kier alpha value is -0.570. The van der Waals surface area contributed by atoms with E-state index < -0.39 is 0 Å². The summed E-state index contributed by atoms with van der Waals surface area (Å²) in [6.07, 6.45) is 10.8. The summed E-state index contributed by atoms with van der Waals surface area (Å²) in [5.41, 5.74) is 0.103. The van der Waals surface area contributed by atoms with Gasteiger partial charge >= 0.3 is 5.97 Å². The van der Waals surface area contributed by atoms with E-state index in [1.54, 1.807) is 0 Å². The lowest BCUT2D eigenvalue weighted by Gasteiger charge is -2.45. The van der Waals surface area contributed by atoms with Gasteiger partial charge in [-0.05, 0) is 51.6 Å². The van der Waals surface area contributed by atoms with Gasteiger partial charge in [0, 0.05) is 5.54 Å². The lowest BCUT2D eigenvalue weighted by Crippen LogP contribution is -2.53. The third kappa shape index (κ3) is 3.36. The molecule has 1 saturated heterocycles. The molecular formula is C17H31NO2. The Labute approximate surface area is 124 Å². The summed E-state index contributed by atoms with van der Waals surface area (Å²) in [6.45, 7) is 7.05. The zero-order chi connectivity index (χ0) is 14.4. The van der Waals surface area contributed by atoms with Crippen LogP contribution in [-0.4, -0.2) is 36.1 Å². The average molecular weight is 281 g/mol. The second-order valence-corrected chi connectivity index (χ2v) is 6.48. The minimum absolute atomic E-state index is 0.0112. The van der Waals surface area contributed by atoms with E-state index in [1.807, 2.05) is 6.92 Å². The van der Waals surface area contributed by atoms with Crippen LogP contribution in [0.2, 0.25) is 0 Å². The quantitative estimate of drug-likeness (QED) is 0.719. The molecule has 1 saturated carbocycles. The first-order valence-electron chi connectivity index (χ1n) is 8.63. The van der Waals surface area contributed by atoms with Gasteiger partial charge < -0.3 is 4.74 Å². The number of carbonyl (C=O) groups is 1. The zero-order valence-corrected chi connectivity index (χ0v) is 13.3. The van der Waals surface area contributed by atoms with E-state index in [2.05, 4.69) is 11.8 Å². The first-order valence-corrected chi connectivity index (χ1v) is 8.63. The van der Waals surface area contributed by atoms with Crippen LogP contribution in [0.15, 0.2) is 0 Å².